The quantitative estimate of drug-likeness (QED) is 0.881. The molecular weight excluding hydrogens is 294 g/mol. The Morgan fingerprint density at radius 3 is 2.17 bits per heavy atom. The number of phenols is 1. The Kier molecular flexibility index (Phi) is 4.57. The van der Waals surface area contributed by atoms with E-state index >= 15 is 0 Å². The Hall–Kier alpha value is -1.80. The second kappa shape index (κ2) is 6.98. The summed E-state index contributed by atoms with van der Waals surface area (Å²) in [5, 5.41) is 9.41. The van der Waals surface area contributed by atoms with Crippen LogP contribution in [0.25, 0.3) is 0 Å². The summed E-state index contributed by atoms with van der Waals surface area (Å²) in [7, 11) is 0. The molecule has 2 atom stereocenters. The molecule has 24 heavy (non-hydrogen) atoms. The second-order valence-electron chi connectivity index (χ2n) is 7.57. The molecule has 0 saturated carbocycles. The zero-order chi connectivity index (χ0) is 16.4. The summed E-state index contributed by atoms with van der Waals surface area (Å²) in [6.07, 6.45) is 7.83. The van der Waals surface area contributed by atoms with Crippen molar-refractivity contribution in [1.29, 1.82) is 0 Å². The predicted octanol–water partition coefficient (Wildman–Crippen LogP) is 4.42. The van der Waals surface area contributed by atoms with Crippen LogP contribution in [0.2, 0.25) is 0 Å². The molecule has 2 saturated heterocycles. The lowest BCUT2D eigenvalue weighted by Crippen LogP contribution is -2.44. The lowest BCUT2D eigenvalue weighted by molar-refractivity contribution is 0.105. The van der Waals surface area contributed by atoms with Crippen molar-refractivity contribution >= 4 is 0 Å². The fraction of sp³-hybridized carbons (Fsp3) is 0.455. The second-order valence-corrected chi connectivity index (χ2v) is 7.57. The maximum Gasteiger partial charge on any atom is 0.115 e. The van der Waals surface area contributed by atoms with E-state index < -0.39 is 0 Å². The smallest absolute Gasteiger partial charge is 0.115 e. The fourth-order valence-electron chi connectivity index (χ4n) is 4.79. The maximum absolute atomic E-state index is 9.41. The van der Waals surface area contributed by atoms with E-state index in [4.69, 9.17) is 0 Å². The molecule has 2 aromatic rings. The number of hydrogen-bond donors (Lipinski definition) is 1. The van der Waals surface area contributed by atoms with Crippen LogP contribution in [0.5, 0.6) is 5.75 Å². The Bertz CT molecular complexity index is 637. The van der Waals surface area contributed by atoms with E-state index in [0.29, 0.717) is 5.75 Å². The van der Waals surface area contributed by atoms with Crippen LogP contribution in [-0.2, 0) is 12.8 Å². The summed E-state index contributed by atoms with van der Waals surface area (Å²) in [5.74, 6) is 1.22. The molecule has 2 unspecified atom stereocenters. The third kappa shape index (κ3) is 3.49. The number of fused-ring (bicyclic) bond motifs is 2. The van der Waals surface area contributed by atoms with Gasteiger partial charge in [0.25, 0.3) is 0 Å². The van der Waals surface area contributed by atoms with Gasteiger partial charge in [-0.05, 0) is 67.7 Å². The van der Waals surface area contributed by atoms with Gasteiger partial charge in [-0.1, -0.05) is 42.5 Å². The van der Waals surface area contributed by atoms with E-state index in [1.807, 2.05) is 0 Å². The van der Waals surface area contributed by atoms with Crippen LogP contribution >= 0.6 is 0 Å². The molecule has 2 heterocycles. The van der Waals surface area contributed by atoms with Crippen molar-refractivity contribution in [3.63, 3.8) is 0 Å². The summed E-state index contributed by atoms with van der Waals surface area (Å²) >= 11 is 0. The van der Waals surface area contributed by atoms with E-state index in [9.17, 15) is 5.11 Å². The minimum atomic E-state index is 0.362. The third-order valence-electron chi connectivity index (χ3n) is 5.94. The highest BCUT2D eigenvalue weighted by Gasteiger charge is 2.39. The molecule has 2 fully saturated rings. The van der Waals surface area contributed by atoms with Crippen LogP contribution in [-0.4, -0.2) is 28.6 Å². The van der Waals surface area contributed by atoms with Gasteiger partial charge in [0.05, 0.1) is 0 Å². The van der Waals surface area contributed by atoms with E-state index in [0.717, 1.165) is 31.0 Å². The van der Waals surface area contributed by atoms with Gasteiger partial charge in [-0.3, -0.25) is 4.90 Å². The first-order valence-corrected chi connectivity index (χ1v) is 9.35. The average molecular weight is 321 g/mol. The van der Waals surface area contributed by atoms with Crippen molar-refractivity contribution in [2.24, 2.45) is 5.92 Å². The van der Waals surface area contributed by atoms with Gasteiger partial charge in [-0.15, -0.1) is 0 Å². The van der Waals surface area contributed by atoms with Crippen LogP contribution < -0.4 is 0 Å². The standard InChI is InChI=1S/C22H27NO/c24-22-10-6-17(7-11-22)12-13-23-20-8-9-21(23)16-19(15-20)14-18-4-2-1-3-5-18/h1-7,10-11,19-21,24H,8-9,12-16H2. The lowest BCUT2D eigenvalue weighted by Gasteiger charge is -2.39. The minimum absolute atomic E-state index is 0.362. The molecule has 0 aromatic heterocycles. The van der Waals surface area contributed by atoms with Crippen molar-refractivity contribution in [2.45, 2.75) is 50.6 Å². The highest BCUT2D eigenvalue weighted by atomic mass is 16.3. The van der Waals surface area contributed by atoms with Gasteiger partial charge in [0, 0.05) is 18.6 Å². The number of benzene rings is 2. The molecule has 0 amide bonds. The Labute approximate surface area is 145 Å². The summed E-state index contributed by atoms with van der Waals surface area (Å²) in [6.45, 7) is 1.16. The maximum atomic E-state index is 9.41. The van der Waals surface area contributed by atoms with Crippen molar-refractivity contribution in [3.05, 3.63) is 65.7 Å². The van der Waals surface area contributed by atoms with Gasteiger partial charge >= 0.3 is 0 Å². The molecule has 2 aromatic carbocycles. The Balaban J connectivity index is 1.34. The monoisotopic (exact) mass is 321 g/mol. The summed E-state index contributed by atoms with van der Waals surface area (Å²) < 4.78 is 0. The van der Waals surface area contributed by atoms with E-state index in [2.05, 4.69) is 47.4 Å². The van der Waals surface area contributed by atoms with Gasteiger partial charge in [-0.2, -0.15) is 0 Å². The predicted molar refractivity (Wildman–Crippen MR) is 98.2 cm³/mol. The number of aromatic hydroxyl groups is 1. The van der Waals surface area contributed by atoms with Crippen molar-refractivity contribution in [1.82, 2.24) is 4.90 Å². The van der Waals surface area contributed by atoms with E-state index in [1.165, 1.54) is 43.2 Å². The number of phenolic OH excluding ortho intramolecular Hbond substituents is 1. The molecule has 0 aliphatic carbocycles. The minimum Gasteiger partial charge on any atom is -0.508 e. The normalized spacial score (nSPS) is 26.6. The van der Waals surface area contributed by atoms with E-state index in [1.54, 1.807) is 12.1 Å². The van der Waals surface area contributed by atoms with Gasteiger partial charge in [0.2, 0.25) is 0 Å². The van der Waals surface area contributed by atoms with Crippen LogP contribution in [0, 0.1) is 5.92 Å². The van der Waals surface area contributed by atoms with Gasteiger partial charge in [0.15, 0.2) is 0 Å². The SMILES string of the molecule is Oc1ccc(CCN2C3CCC2CC(Cc2ccccc2)C3)cc1. The third-order valence-corrected chi connectivity index (χ3v) is 5.94. The molecule has 0 radical (unpaired) electrons. The molecule has 2 bridgehead atoms. The van der Waals surface area contributed by atoms with Gasteiger partial charge < -0.3 is 5.11 Å². The topological polar surface area (TPSA) is 23.5 Å². The first kappa shape index (κ1) is 15.7. The van der Waals surface area contributed by atoms with Gasteiger partial charge in [0.1, 0.15) is 5.75 Å². The zero-order valence-corrected chi connectivity index (χ0v) is 14.3. The largest absolute Gasteiger partial charge is 0.508 e. The van der Waals surface area contributed by atoms with Crippen LogP contribution in [0.3, 0.4) is 0 Å². The summed E-state index contributed by atoms with van der Waals surface area (Å²) in [5.41, 5.74) is 2.83. The van der Waals surface area contributed by atoms with E-state index in [-0.39, 0.29) is 0 Å². The van der Waals surface area contributed by atoms with Crippen LogP contribution in [0.1, 0.15) is 36.8 Å². The molecule has 2 aliphatic heterocycles. The molecule has 0 spiro atoms. The van der Waals surface area contributed by atoms with Crippen LogP contribution in [0.4, 0.5) is 0 Å². The molecule has 126 valence electrons. The summed E-state index contributed by atoms with van der Waals surface area (Å²) in [6, 6.07) is 20.3. The number of rotatable bonds is 5. The highest BCUT2D eigenvalue weighted by molar-refractivity contribution is 5.26. The average Bonchev–Trinajstić information content (AvgIpc) is 2.84. The lowest BCUT2D eigenvalue weighted by atomic mass is 9.85. The molecule has 2 heteroatoms. The Morgan fingerprint density at radius 1 is 0.833 bits per heavy atom. The zero-order valence-electron chi connectivity index (χ0n) is 14.3. The molecule has 2 nitrogen and oxygen atoms in total. The molecule has 4 rings (SSSR count). The van der Waals surface area contributed by atoms with Gasteiger partial charge in [-0.25, -0.2) is 0 Å². The number of hydrogen-bond acceptors (Lipinski definition) is 2. The highest BCUT2D eigenvalue weighted by Crippen LogP contribution is 2.39. The van der Waals surface area contributed by atoms with Crippen molar-refractivity contribution < 1.29 is 5.11 Å². The van der Waals surface area contributed by atoms with Crippen molar-refractivity contribution in [2.75, 3.05) is 6.54 Å². The number of piperidine rings is 1. The first-order valence-electron chi connectivity index (χ1n) is 9.35. The molecular formula is C22H27NO. The Morgan fingerprint density at radius 2 is 1.50 bits per heavy atom. The van der Waals surface area contributed by atoms with Crippen LogP contribution in [0.15, 0.2) is 54.6 Å². The van der Waals surface area contributed by atoms with Crippen molar-refractivity contribution in [3.8, 4) is 5.75 Å². The summed E-state index contributed by atoms with van der Waals surface area (Å²) in [4.78, 5) is 2.77. The molecule has 1 N–H and O–H groups in total. The fourth-order valence-corrected chi connectivity index (χ4v) is 4.79. The molecule has 2 aliphatic rings. The number of nitrogens with zero attached hydrogens (tertiary/aromatic N) is 1. The first-order chi connectivity index (χ1) is 11.8.